The summed E-state index contributed by atoms with van der Waals surface area (Å²) in [5.41, 5.74) is 0.821. The molecular formula is C35H51F3N4O6. The molecule has 48 heavy (non-hydrogen) atoms. The predicted molar refractivity (Wildman–Crippen MR) is 175 cm³/mol. The van der Waals surface area contributed by atoms with Crippen molar-refractivity contribution in [3.8, 4) is 0 Å². The summed E-state index contributed by atoms with van der Waals surface area (Å²) in [6, 6.07) is 4.28. The minimum atomic E-state index is -5.35. The zero-order chi connectivity index (χ0) is 36.9. The first-order valence-electron chi connectivity index (χ1n) is 16.1. The molecular weight excluding hydrogens is 629 g/mol. The van der Waals surface area contributed by atoms with Crippen molar-refractivity contribution in [2.75, 3.05) is 20.6 Å². The molecule has 1 saturated heterocycles. The van der Waals surface area contributed by atoms with Crippen LogP contribution in [0.5, 0.6) is 0 Å². The van der Waals surface area contributed by atoms with Crippen LogP contribution in [0, 0.1) is 18.3 Å². The lowest BCUT2D eigenvalue weighted by molar-refractivity contribution is -0.203. The number of nitrogens with zero attached hydrogens (tertiary/aromatic N) is 2. The highest BCUT2D eigenvalue weighted by molar-refractivity contribution is 5.98. The molecule has 4 atom stereocenters. The second-order valence-electron chi connectivity index (χ2n) is 14.5. The van der Waals surface area contributed by atoms with Gasteiger partial charge >= 0.3 is 18.1 Å². The molecule has 3 amide bonds. The summed E-state index contributed by atoms with van der Waals surface area (Å²) >= 11 is 0. The van der Waals surface area contributed by atoms with Crippen molar-refractivity contribution in [2.24, 2.45) is 11.3 Å². The van der Waals surface area contributed by atoms with Gasteiger partial charge in [0.1, 0.15) is 12.1 Å². The van der Waals surface area contributed by atoms with Crippen LogP contribution < -0.4 is 10.6 Å². The molecule has 13 heteroatoms. The van der Waals surface area contributed by atoms with Gasteiger partial charge in [-0.15, -0.1) is 0 Å². The van der Waals surface area contributed by atoms with E-state index in [1.54, 1.807) is 20.2 Å². The van der Waals surface area contributed by atoms with Crippen LogP contribution in [0.25, 0.3) is 0 Å². The molecule has 1 heterocycles. The average Bonchev–Trinajstić information content (AvgIpc) is 3.46. The number of alkyl halides is 3. The van der Waals surface area contributed by atoms with Crippen LogP contribution in [0.3, 0.4) is 0 Å². The Labute approximate surface area is 281 Å². The number of amides is 3. The van der Waals surface area contributed by atoms with E-state index in [1.165, 1.54) is 11.8 Å². The highest BCUT2D eigenvalue weighted by atomic mass is 19.4. The molecule has 1 aromatic rings. The van der Waals surface area contributed by atoms with E-state index in [0.717, 1.165) is 16.0 Å². The average molecular weight is 681 g/mol. The van der Waals surface area contributed by atoms with Crippen LogP contribution in [0.2, 0.25) is 0 Å². The summed E-state index contributed by atoms with van der Waals surface area (Å²) in [5.74, 6) is -5.66. The monoisotopic (exact) mass is 680 g/mol. The van der Waals surface area contributed by atoms with Gasteiger partial charge in [0.2, 0.25) is 17.7 Å². The first-order chi connectivity index (χ1) is 21.9. The molecule has 1 aromatic carbocycles. The van der Waals surface area contributed by atoms with Crippen LogP contribution in [0.4, 0.5) is 13.2 Å². The second-order valence-corrected chi connectivity index (χ2v) is 14.5. The quantitative estimate of drug-likeness (QED) is 0.201. The number of hydrogen-bond donors (Lipinski definition) is 2. The fourth-order valence-electron chi connectivity index (χ4n) is 6.03. The van der Waals surface area contributed by atoms with E-state index in [2.05, 4.69) is 15.4 Å². The predicted octanol–water partition coefficient (Wildman–Crippen LogP) is 4.44. The van der Waals surface area contributed by atoms with Gasteiger partial charge in [0.25, 0.3) is 0 Å². The number of rotatable bonds is 11. The normalized spacial score (nSPS) is 17.9. The molecule has 0 aromatic heterocycles. The van der Waals surface area contributed by atoms with E-state index in [9.17, 15) is 37.1 Å². The maximum atomic E-state index is 14.2. The van der Waals surface area contributed by atoms with Gasteiger partial charge in [-0.2, -0.15) is 13.2 Å². The van der Waals surface area contributed by atoms with Crippen molar-refractivity contribution in [3.05, 3.63) is 47.0 Å². The number of halogens is 3. The summed E-state index contributed by atoms with van der Waals surface area (Å²) in [4.78, 5) is 67.7. The van der Waals surface area contributed by atoms with E-state index in [1.807, 2.05) is 79.7 Å². The number of nitrogens with one attached hydrogen (secondary N) is 2. The minimum absolute atomic E-state index is 0.0379. The molecule has 0 bridgehead atoms. The molecule has 0 spiro atoms. The number of hydrogen-bond acceptors (Lipinski definition) is 7. The van der Waals surface area contributed by atoms with E-state index >= 15 is 0 Å². The molecule has 1 aliphatic rings. The van der Waals surface area contributed by atoms with Crippen LogP contribution in [-0.4, -0.2) is 90.4 Å². The molecule has 0 aliphatic carbocycles. The van der Waals surface area contributed by atoms with Crippen molar-refractivity contribution >= 4 is 29.7 Å². The molecule has 2 N–H and O–H groups in total. The summed E-state index contributed by atoms with van der Waals surface area (Å²) in [6.45, 7) is 16.7. The molecule has 0 saturated carbocycles. The first-order valence-corrected chi connectivity index (χ1v) is 16.1. The zero-order valence-corrected chi connectivity index (χ0v) is 29.9. The Morgan fingerprint density at radius 3 is 2.15 bits per heavy atom. The van der Waals surface area contributed by atoms with Crippen molar-refractivity contribution < 1.29 is 41.9 Å². The lowest BCUT2D eigenvalue weighted by Gasteiger charge is -2.40. The molecule has 10 nitrogen and oxygen atoms in total. The number of likely N-dealkylation sites (tertiary alicyclic amines) is 1. The Morgan fingerprint density at radius 1 is 1.04 bits per heavy atom. The van der Waals surface area contributed by atoms with E-state index in [4.69, 9.17) is 0 Å². The van der Waals surface area contributed by atoms with Crippen molar-refractivity contribution in [1.29, 1.82) is 0 Å². The SMILES string of the molecule is CN[C@H](C(=O)N[C@H](C(=O)N(C)[C@H](/C=C(\C)C(=O)N1CCC[C@H]1C(=O)OC(=O)C(F)(F)F)C(C)C)C(C)(C)C)C(C)(C)c1cccc(C)c1. The van der Waals surface area contributed by atoms with E-state index in [0.29, 0.717) is 6.42 Å². The number of carbonyl (C=O) groups excluding carboxylic acids is 5. The van der Waals surface area contributed by atoms with Gasteiger partial charge in [-0.1, -0.05) is 84.4 Å². The van der Waals surface area contributed by atoms with Gasteiger partial charge < -0.3 is 25.2 Å². The van der Waals surface area contributed by atoms with Crippen molar-refractivity contribution in [2.45, 2.75) is 111 Å². The lowest BCUT2D eigenvalue weighted by atomic mass is 9.76. The number of likely N-dealkylation sites (N-methyl/N-ethyl adjacent to an activating group) is 2. The third-order valence-corrected chi connectivity index (χ3v) is 8.88. The Hall–Kier alpha value is -3.74. The van der Waals surface area contributed by atoms with Crippen LogP contribution in [-0.2, 0) is 34.1 Å². The maximum Gasteiger partial charge on any atom is 0.491 e. The highest BCUT2D eigenvalue weighted by Gasteiger charge is 2.46. The Bertz CT molecular complexity index is 1400. The van der Waals surface area contributed by atoms with Crippen molar-refractivity contribution in [3.63, 3.8) is 0 Å². The second kappa shape index (κ2) is 15.7. The minimum Gasteiger partial charge on any atom is -0.385 e. The molecule has 1 fully saturated rings. The third kappa shape index (κ3) is 9.67. The lowest BCUT2D eigenvalue weighted by Crippen LogP contribution is -2.61. The zero-order valence-electron chi connectivity index (χ0n) is 29.9. The first kappa shape index (κ1) is 40.4. The highest BCUT2D eigenvalue weighted by Crippen LogP contribution is 2.30. The van der Waals surface area contributed by atoms with Gasteiger partial charge in [-0.25, -0.2) is 9.59 Å². The Balaban J connectivity index is 2.33. The Morgan fingerprint density at radius 2 is 1.65 bits per heavy atom. The number of esters is 2. The fraction of sp³-hybridized carbons (Fsp3) is 0.629. The number of carbonyl (C=O) groups is 5. The smallest absolute Gasteiger partial charge is 0.385 e. The molecule has 2 rings (SSSR count). The van der Waals surface area contributed by atoms with Gasteiger partial charge in [-0.3, -0.25) is 14.4 Å². The third-order valence-electron chi connectivity index (χ3n) is 8.88. The van der Waals surface area contributed by atoms with Crippen molar-refractivity contribution in [1.82, 2.24) is 20.4 Å². The number of aryl methyl sites for hydroxylation is 1. The van der Waals surface area contributed by atoms with E-state index < -0.39 is 59.0 Å². The Kier molecular flexibility index (Phi) is 13.2. The van der Waals surface area contributed by atoms with Gasteiger partial charge in [0.05, 0.1) is 12.1 Å². The maximum absolute atomic E-state index is 14.2. The van der Waals surface area contributed by atoms with Crippen LogP contribution in [0.15, 0.2) is 35.9 Å². The summed E-state index contributed by atoms with van der Waals surface area (Å²) < 4.78 is 42.0. The molecule has 0 unspecified atom stereocenters. The standard InChI is InChI=1S/C35H51F3N4O6/c1-20(2)25(19-22(4)29(44)42-17-13-16-24(42)31(46)48-32(47)35(36,37)38)41(11)30(45)27(33(5,6)7)40-28(43)26(39-10)34(8,9)23-15-12-14-21(3)18-23/h12,14-15,18-20,24-27,39H,13,16-17H2,1-11H3,(H,40,43)/b22-19+/t24-,25+,26+,27+/m0/s1. The van der Waals surface area contributed by atoms with Crippen LogP contribution >= 0.6 is 0 Å². The largest absolute Gasteiger partial charge is 0.491 e. The van der Waals surface area contributed by atoms with Gasteiger partial charge in [0, 0.05) is 24.6 Å². The summed E-state index contributed by atoms with van der Waals surface area (Å²) in [6.07, 6.45) is -3.41. The number of benzene rings is 1. The molecule has 1 aliphatic heterocycles. The van der Waals surface area contributed by atoms with Gasteiger partial charge in [-0.05, 0) is 50.6 Å². The van der Waals surface area contributed by atoms with E-state index in [-0.39, 0.29) is 36.3 Å². The topological polar surface area (TPSA) is 125 Å². The summed E-state index contributed by atoms with van der Waals surface area (Å²) in [5, 5.41) is 6.12. The summed E-state index contributed by atoms with van der Waals surface area (Å²) in [7, 11) is 3.27. The van der Waals surface area contributed by atoms with Gasteiger partial charge in [0.15, 0.2) is 0 Å². The van der Waals surface area contributed by atoms with Crippen LogP contribution in [0.1, 0.15) is 79.4 Å². The number of ether oxygens (including phenoxy) is 1. The molecule has 0 radical (unpaired) electrons. The molecule has 268 valence electrons. The fourth-order valence-corrected chi connectivity index (χ4v) is 6.03.